The standard InChI is InChI=1S/C15H14N4O2/c20-15(16-8-6-13-17-10-18-19-13)14-12(7-9-21-14)11-4-2-1-3-5-11/h1-5,7,9-10H,6,8H2,(H,16,20)(H,17,18,19). The topological polar surface area (TPSA) is 83.8 Å². The molecule has 3 aromatic rings. The van der Waals surface area contributed by atoms with E-state index in [1.165, 1.54) is 12.6 Å². The number of aromatic nitrogens is 3. The lowest BCUT2D eigenvalue weighted by Crippen LogP contribution is -2.26. The summed E-state index contributed by atoms with van der Waals surface area (Å²) in [5.41, 5.74) is 1.74. The number of furan rings is 1. The minimum absolute atomic E-state index is 0.238. The maximum absolute atomic E-state index is 12.2. The SMILES string of the molecule is O=C(NCCc1ncn[nH]1)c1occc1-c1ccccc1. The van der Waals surface area contributed by atoms with Crippen molar-refractivity contribution in [1.82, 2.24) is 20.5 Å². The molecule has 0 aliphatic carbocycles. The van der Waals surface area contributed by atoms with Crippen molar-refractivity contribution in [3.8, 4) is 11.1 Å². The molecule has 6 heteroatoms. The van der Waals surface area contributed by atoms with Gasteiger partial charge in [0, 0.05) is 18.5 Å². The number of hydrogen-bond donors (Lipinski definition) is 2. The van der Waals surface area contributed by atoms with Crippen molar-refractivity contribution in [3.05, 3.63) is 60.6 Å². The zero-order valence-electron chi connectivity index (χ0n) is 11.2. The quantitative estimate of drug-likeness (QED) is 0.750. The monoisotopic (exact) mass is 282 g/mol. The number of hydrogen-bond acceptors (Lipinski definition) is 4. The van der Waals surface area contributed by atoms with Gasteiger partial charge in [0.05, 0.1) is 6.26 Å². The van der Waals surface area contributed by atoms with Gasteiger partial charge in [0.25, 0.3) is 5.91 Å². The lowest BCUT2D eigenvalue weighted by Gasteiger charge is -2.04. The number of benzene rings is 1. The molecule has 0 fully saturated rings. The normalized spacial score (nSPS) is 10.5. The second-order valence-corrected chi connectivity index (χ2v) is 4.47. The van der Waals surface area contributed by atoms with Gasteiger partial charge in [-0.25, -0.2) is 4.98 Å². The number of aromatic amines is 1. The molecule has 0 bridgehead atoms. The van der Waals surface area contributed by atoms with E-state index < -0.39 is 0 Å². The molecule has 0 aliphatic rings. The molecular formula is C15H14N4O2. The highest BCUT2D eigenvalue weighted by Crippen LogP contribution is 2.24. The molecule has 3 rings (SSSR count). The number of carbonyl (C=O) groups is 1. The van der Waals surface area contributed by atoms with Crippen LogP contribution < -0.4 is 5.32 Å². The highest BCUT2D eigenvalue weighted by molar-refractivity contribution is 5.98. The third kappa shape index (κ3) is 3.00. The van der Waals surface area contributed by atoms with E-state index in [-0.39, 0.29) is 5.91 Å². The summed E-state index contributed by atoms with van der Waals surface area (Å²) in [6, 6.07) is 11.5. The molecule has 1 aromatic carbocycles. The minimum Gasteiger partial charge on any atom is -0.459 e. The van der Waals surface area contributed by atoms with Crippen LogP contribution in [0.15, 0.2) is 53.4 Å². The van der Waals surface area contributed by atoms with Gasteiger partial charge in [-0.2, -0.15) is 5.10 Å². The lowest BCUT2D eigenvalue weighted by molar-refractivity contribution is 0.0927. The molecule has 0 radical (unpaired) electrons. The van der Waals surface area contributed by atoms with Gasteiger partial charge in [-0.1, -0.05) is 30.3 Å². The molecule has 6 nitrogen and oxygen atoms in total. The Kier molecular flexibility index (Phi) is 3.77. The molecule has 21 heavy (non-hydrogen) atoms. The first-order chi connectivity index (χ1) is 10.3. The van der Waals surface area contributed by atoms with E-state index in [1.807, 2.05) is 30.3 Å². The van der Waals surface area contributed by atoms with Crippen LogP contribution in [0.4, 0.5) is 0 Å². The van der Waals surface area contributed by atoms with E-state index in [4.69, 9.17) is 4.42 Å². The lowest BCUT2D eigenvalue weighted by atomic mass is 10.1. The van der Waals surface area contributed by atoms with Crippen LogP contribution in [0.5, 0.6) is 0 Å². The Morgan fingerprint density at radius 3 is 2.86 bits per heavy atom. The minimum atomic E-state index is -0.238. The summed E-state index contributed by atoms with van der Waals surface area (Å²) in [5, 5.41) is 9.32. The summed E-state index contributed by atoms with van der Waals surface area (Å²) in [5.74, 6) is 0.815. The smallest absolute Gasteiger partial charge is 0.287 e. The van der Waals surface area contributed by atoms with Gasteiger partial charge in [-0.05, 0) is 11.6 Å². The van der Waals surface area contributed by atoms with Crippen molar-refractivity contribution in [2.75, 3.05) is 6.54 Å². The van der Waals surface area contributed by atoms with Crippen molar-refractivity contribution in [2.24, 2.45) is 0 Å². The van der Waals surface area contributed by atoms with Crippen LogP contribution >= 0.6 is 0 Å². The summed E-state index contributed by atoms with van der Waals surface area (Å²) in [4.78, 5) is 16.2. The fourth-order valence-electron chi connectivity index (χ4n) is 2.06. The number of rotatable bonds is 5. The molecule has 2 aromatic heterocycles. The highest BCUT2D eigenvalue weighted by Gasteiger charge is 2.16. The van der Waals surface area contributed by atoms with Crippen molar-refractivity contribution >= 4 is 5.91 Å². The average molecular weight is 282 g/mol. The Balaban J connectivity index is 1.67. The highest BCUT2D eigenvalue weighted by atomic mass is 16.3. The van der Waals surface area contributed by atoms with E-state index in [2.05, 4.69) is 20.5 Å². The Morgan fingerprint density at radius 2 is 2.10 bits per heavy atom. The first-order valence-corrected chi connectivity index (χ1v) is 6.60. The molecule has 106 valence electrons. The summed E-state index contributed by atoms with van der Waals surface area (Å²) in [7, 11) is 0. The second kappa shape index (κ2) is 6.04. The summed E-state index contributed by atoms with van der Waals surface area (Å²) < 4.78 is 5.32. The van der Waals surface area contributed by atoms with Crippen LogP contribution in [-0.4, -0.2) is 27.6 Å². The van der Waals surface area contributed by atoms with Crippen molar-refractivity contribution < 1.29 is 9.21 Å². The molecule has 0 saturated carbocycles. The molecule has 2 N–H and O–H groups in total. The zero-order chi connectivity index (χ0) is 14.5. The molecule has 0 unspecified atom stereocenters. The molecule has 1 amide bonds. The van der Waals surface area contributed by atoms with Gasteiger partial charge in [-0.15, -0.1) is 0 Å². The number of carbonyl (C=O) groups excluding carboxylic acids is 1. The summed E-state index contributed by atoms with van der Waals surface area (Å²) in [6.07, 6.45) is 3.55. The average Bonchev–Trinajstić information content (AvgIpc) is 3.19. The Morgan fingerprint density at radius 1 is 1.24 bits per heavy atom. The number of nitrogens with one attached hydrogen (secondary N) is 2. The van der Waals surface area contributed by atoms with Gasteiger partial charge in [0.1, 0.15) is 12.2 Å². The van der Waals surface area contributed by atoms with E-state index in [9.17, 15) is 4.79 Å². The number of nitrogens with zero attached hydrogens (tertiary/aromatic N) is 2. The first kappa shape index (κ1) is 13.1. The van der Waals surface area contributed by atoms with Crippen molar-refractivity contribution in [3.63, 3.8) is 0 Å². The predicted molar refractivity (Wildman–Crippen MR) is 76.6 cm³/mol. The van der Waals surface area contributed by atoms with Gasteiger partial charge >= 0.3 is 0 Å². The van der Waals surface area contributed by atoms with E-state index >= 15 is 0 Å². The zero-order valence-corrected chi connectivity index (χ0v) is 11.2. The molecule has 0 spiro atoms. The van der Waals surface area contributed by atoms with Gasteiger partial charge < -0.3 is 9.73 Å². The van der Waals surface area contributed by atoms with Crippen molar-refractivity contribution in [2.45, 2.75) is 6.42 Å². The fraction of sp³-hybridized carbons (Fsp3) is 0.133. The maximum atomic E-state index is 12.2. The molecule has 0 atom stereocenters. The number of H-pyrrole nitrogens is 1. The van der Waals surface area contributed by atoms with Crippen LogP contribution in [0.2, 0.25) is 0 Å². The second-order valence-electron chi connectivity index (χ2n) is 4.47. The molecule has 2 heterocycles. The van der Waals surface area contributed by atoms with Gasteiger partial charge in [-0.3, -0.25) is 9.89 Å². The Bertz CT molecular complexity index is 704. The van der Waals surface area contributed by atoms with Crippen molar-refractivity contribution in [1.29, 1.82) is 0 Å². The van der Waals surface area contributed by atoms with Crippen LogP contribution in [0.3, 0.4) is 0 Å². The Hall–Kier alpha value is -2.89. The largest absolute Gasteiger partial charge is 0.459 e. The number of amides is 1. The molecule has 0 saturated heterocycles. The van der Waals surface area contributed by atoms with Crippen LogP contribution in [0, 0.1) is 0 Å². The predicted octanol–water partition coefficient (Wildman–Crippen LogP) is 2.04. The third-order valence-corrected chi connectivity index (χ3v) is 3.07. The Labute approximate surface area is 121 Å². The third-order valence-electron chi connectivity index (χ3n) is 3.07. The van der Waals surface area contributed by atoms with Crippen LogP contribution in [0.1, 0.15) is 16.4 Å². The first-order valence-electron chi connectivity index (χ1n) is 6.60. The molecular weight excluding hydrogens is 268 g/mol. The van der Waals surface area contributed by atoms with Crippen LogP contribution in [-0.2, 0) is 6.42 Å². The maximum Gasteiger partial charge on any atom is 0.287 e. The van der Waals surface area contributed by atoms with Gasteiger partial charge in [0.2, 0.25) is 0 Å². The van der Waals surface area contributed by atoms with Crippen LogP contribution in [0.25, 0.3) is 11.1 Å². The van der Waals surface area contributed by atoms with Gasteiger partial charge in [0.15, 0.2) is 5.76 Å². The summed E-state index contributed by atoms with van der Waals surface area (Å²) in [6.45, 7) is 0.461. The fourth-order valence-corrected chi connectivity index (χ4v) is 2.06. The molecule has 0 aliphatic heterocycles. The van der Waals surface area contributed by atoms with E-state index in [1.54, 1.807) is 6.07 Å². The van der Waals surface area contributed by atoms with E-state index in [0.717, 1.165) is 17.0 Å². The summed E-state index contributed by atoms with van der Waals surface area (Å²) >= 11 is 0. The van der Waals surface area contributed by atoms with E-state index in [0.29, 0.717) is 18.7 Å².